The number of para-hydroxylation sites is 1. The number of amides is 1. The number of sulfonamides is 1. The monoisotopic (exact) mass is 344 g/mol. The summed E-state index contributed by atoms with van der Waals surface area (Å²) >= 11 is 0. The summed E-state index contributed by atoms with van der Waals surface area (Å²) in [5.74, 6) is -0.191. The SMILES string of the molecule is CC(=O)Nc1ccc(S(=O)(=O)N2c3ccccc3CCC2C)cc1. The molecule has 2 aromatic rings. The summed E-state index contributed by atoms with van der Waals surface area (Å²) in [7, 11) is -3.65. The van der Waals surface area contributed by atoms with Gasteiger partial charge >= 0.3 is 0 Å². The molecule has 0 spiro atoms. The fourth-order valence-corrected chi connectivity index (χ4v) is 4.77. The molecule has 0 saturated carbocycles. The molecule has 2 aromatic carbocycles. The lowest BCUT2D eigenvalue weighted by molar-refractivity contribution is -0.114. The first kappa shape index (κ1) is 16.5. The molecule has 3 rings (SSSR count). The maximum absolute atomic E-state index is 13.1. The molecule has 24 heavy (non-hydrogen) atoms. The van der Waals surface area contributed by atoms with Crippen LogP contribution in [-0.2, 0) is 21.2 Å². The molecule has 0 aromatic heterocycles. The van der Waals surface area contributed by atoms with Crippen molar-refractivity contribution in [1.29, 1.82) is 0 Å². The van der Waals surface area contributed by atoms with Gasteiger partial charge in [0.2, 0.25) is 5.91 Å². The minimum atomic E-state index is -3.65. The quantitative estimate of drug-likeness (QED) is 0.930. The summed E-state index contributed by atoms with van der Waals surface area (Å²) in [6.45, 7) is 3.34. The molecule has 6 heteroatoms. The molecule has 1 amide bonds. The molecule has 0 saturated heterocycles. The van der Waals surface area contributed by atoms with Crippen LogP contribution in [0.15, 0.2) is 53.4 Å². The average Bonchev–Trinajstić information content (AvgIpc) is 2.54. The molecule has 1 atom stereocenters. The van der Waals surface area contributed by atoms with Gasteiger partial charge in [-0.05, 0) is 55.7 Å². The van der Waals surface area contributed by atoms with E-state index in [1.807, 2.05) is 31.2 Å². The first-order chi connectivity index (χ1) is 11.4. The van der Waals surface area contributed by atoms with Gasteiger partial charge in [0.15, 0.2) is 0 Å². The van der Waals surface area contributed by atoms with Crippen molar-refractivity contribution in [2.24, 2.45) is 0 Å². The fourth-order valence-electron chi connectivity index (χ4n) is 3.05. The van der Waals surface area contributed by atoms with Gasteiger partial charge in [0.25, 0.3) is 10.0 Å². The number of carbonyl (C=O) groups excluding carboxylic acids is 1. The third-order valence-corrected chi connectivity index (χ3v) is 6.13. The smallest absolute Gasteiger partial charge is 0.264 e. The molecule has 126 valence electrons. The van der Waals surface area contributed by atoms with Crippen LogP contribution in [0.5, 0.6) is 0 Å². The number of carbonyl (C=O) groups is 1. The fraction of sp³-hybridized carbons (Fsp3) is 0.278. The van der Waals surface area contributed by atoms with Gasteiger partial charge in [-0.3, -0.25) is 9.10 Å². The van der Waals surface area contributed by atoms with Crippen molar-refractivity contribution in [3.63, 3.8) is 0 Å². The third kappa shape index (κ3) is 3.01. The van der Waals surface area contributed by atoms with Gasteiger partial charge in [0.05, 0.1) is 10.6 Å². The summed E-state index contributed by atoms with van der Waals surface area (Å²) < 4.78 is 27.8. The van der Waals surface area contributed by atoms with E-state index in [-0.39, 0.29) is 16.8 Å². The van der Waals surface area contributed by atoms with Crippen LogP contribution < -0.4 is 9.62 Å². The first-order valence-corrected chi connectivity index (χ1v) is 9.33. The molecule has 0 fully saturated rings. The summed E-state index contributed by atoms with van der Waals surface area (Å²) in [6.07, 6.45) is 1.67. The molecule has 5 nitrogen and oxygen atoms in total. The van der Waals surface area contributed by atoms with E-state index in [1.165, 1.54) is 23.4 Å². The standard InChI is InChI=1S/C18H20N2O3S/c1-13-7-8-15-5-3-4-6-18(15)20(13)24(22,23)17-11-9-16(10-12-17)19-14(2)21/h3-6,9-13H,7-8H2,1-2H3,(H,19,21). The highest BCUT2D eigenvalue weighted by atomic mass is 32.2. The molecular weight excluding hydrogens is 324 g/mol. The second-order valence-corrected chi connectivity index (χ2v) is 7.84. The van der Waals surface area contributed by atoms with Crippen LogP contribution in [0.25, 0.3) is 0 Å². The number of nitrogens with zero attached hydrogens (tertiary/aromatic N) is 1. The average molecular weight is 344 g/mol. The van der Waals surface area contributed by atoms with E-state index in [1.54, 1.807) is 12.1 Å². The highest BCUT2D eigenvalue weighted by Crippen LogP contribution is 2.35. The molecule has 0 bridgehead atoms. The molecule has 1 aliphatic heterocycles. The number of hydrogen-bond acceptors (Lipinski definition) is 3. The van der Waals surface area contributed by atoms with E-state index in [9.17, 15) is 13.2 Å². The van der Waals surface area contributed by atoms with Gasteiger partial charge in [-0.1, -0.05) is 18.2 Å². The first-order valence-electron chi connectivity index (χ1n) is 7.89. The number of benzene rings is 2. The van der Waals surface area contributed by atoms with Crippen LogP contribution in [0.3, 0.4) is 0 Å². The second kappa shape index (κ2) is 6.28. The zero-order valence-electron chi connectivity index (χ0n) is 13.7. The van der Waals surface area contributed by atoms with E-state index in [0.717, 1.165) is 24.1 Å². The molecular formula is C18H20N2O3S. The predicted octanol–water partition coefficient (Wildman–Crippen LogP) is 3.18. The Labute approximate surface area is 142 Å². The number of nitrogens with one attached hydrogen (secondary N) is 1. The summed E-state index contributed by atoms with van der Waals surface area (Å²) in [4.78, 5) is 11.3. The van der Waals surface area contributed by atoms with Crippen molar-refractivity contribution in [2.45, 2.75) is 37.6 Å². The lowest BCUT2D eigenvalue weighted by Crippen LogP contribution is -2.42. The minimum Gasteiger partial charge on any atom is -0.326 e. The molecule has 1 N–H and O–H groups in total. The summed E-state index contributed by atoms with van der Waals surface area (Å²) in [6, 6.07) is 13.8. The highest BCUT2D eigenvalue weighted by molar-refractivity contribution is 7.92. The Balaban J connectivity index is 2.00. The van der Waals surface area contributed by atoms with E-state index in [0.29, 0.717) is 5.69 Å². The topological polar surface area (TPSA) is 66.5 Å². The second-order valence-electron chi connectivity index (χ2n) is 6.02. The van der Waals surface area contributed by atoms with E-state index >= 15 is 0 Å². The van der Waals surface area contributed by atoms with Crippen LogP contribution in [0.4, 0.5) is 11.4 Å². The molecule has 1 aliphatic rings. The van der Waals surface area contributed by atoms with Crippen molar-refractivity contribution < 1.29 is 13.2 Å². The van der Waals surface area contributed by atoms with Gasteiger partial charge in [-0.15, -0.1) is 0 Å². The number of fused-ring (bicyclic) bond motifs is 1. The van der Waals surface area contributed by atoms with E-state index < -0.39 is 10.0 Å². The Morgan fingerprint density at radius 2 is 1.79 bits per heavy atom. The summed E-state index contributed by atoms with van der Waals surface area (Å²) in [5.41, 5.74) is 2.38. The van der Waals surface area contributed by atoms with Gasteiger partial charge in [0.1, 0.15) is 0 Å². The van der Waals surface area contributed by atoms with Crippen LogP contribution in [0, 0.1) is 0 Å². The zero-order valence-corrected chi connectivity index (χ0v) is 14.5. The Morgan fingerprint density at radius 1 is 1.12 bits per heavy atom. The predicted molar refractivity (Wildman–Crippen MR) is 94.6 cm³/mol. The molecule has 0 aliphatic carbocycles. The van der Waals surface area contributed by atoms with E-state index in [4.69, 9.17) is 0 Å². The highest BCUT2D eigenvalue weighted by Gasteiger charge is 2.33. The Hall–Kier alpha value is -2.34. The Kier molecular flexibility index (Phi) is 4.32. The Bertz CT molecular complexity index is 860. The Morgan fingerprint density at radius 3 is 2.46 bits per heavy atom. The van der Waals surface area contributed by atoms with Crippen molar-refractivity contribution in [3.8, 4) is 0 Å². The summed E-state index contributed by atoms with van der Waals surface area (Å²) in [5, 5.41) is 2.64. The number of anilines is 2. The minimum absolute atomic E-state index is 0.0973. The van der Waals surface area contributed by atoms with Crippen molar-refractivity contribution in [1.82, 2.24) is 0 Å². The molecule has 1 heterocycles. The molecule has 0 radical (unpaired) electrons. The van der Waals surface area contributed by atoms with Gasteiger partial charge in [-0.25, -0.2) is 8.42 Å². The van der Waals surface area contributed by atoms with Crippen molar-refractivity contribution in [2.75, 3.05) is 9.62 Å². The van der Waals surface area contributed by atoms with Crippen LogP contribution in [0.1, 0.15) is 25.8 Å². The maximum atomic E-state index is 13.1. The third-order valence-electron chi connectivity index (χ3n) is 4.19. The van der Waals surface area contributed by atoms with Gasteiger partial charge in [-0.2, -0.15) is 0 Å². The molecule has 1 unspecified atom stereocenters. The number of hydrogen-bond donors (Lipinski definition) is 1. The van der Waals surface area contributed by atoms with Crippen molar-refractivity contribution in [3.05, 3.63) is 54.1 Å². The van der Waals surface area contributed by atoms with Crippen LogP contribution in [0.2, 0.25) is 0 Å². The number of aryl methyl sites for hydroxylation is 1. The van der Waals surface area contributed by atoms with Crippen LogP contribution in [-0.4, -0.2) is 20.4 Å². The number of rotatable bonds is 3. The largest absolute Gasteiger partial charge is 0.326 e. The van der Waals surface area contributed by atoms with Crippen LogP contribution >= 0.6 is 0 Å². The van der Waals surface area contributed by atoms with Crippen molar-refractivity contribution >= 4 is 27.3 Å². The lowest BCUT2D eigenvalue weighted by Gasteiger charge is -2.36. The lowest BCUT2D eigenvalue weighted by atomic mass is 9.99. The van der Waals surface area contributed by atoms with Gasteiger partial charge < -0.3 is 5.32 Å². The maximum Gasteiger partial charge on any atom is 0.264 e. The normalized spacial score (nSPS) is 17.2. The van der Waals surface area contributed by atoms with Gasteiger partial charge in [0, 0.05) is 18.7 Å². The zero-order chi connectivity index (χ0) is 17.3. The van der Waals surface area contributed by atoms with E-state index in [2.05, 4.69) is 5.32 Å².